The molecule has 0 aliphatic carbocycles. The lowest BCUT2D eigenvalue weighted by molar-refractivity contribution is -0.140. The minimum Gasteiger partial charge on any atom is -0.507 e. The lowest BCUT2D eigenvalue weighted by atomic mass is 9.85. The maximum absolute atomic E-state index is 13.2. The zero-order chi connectivity index (χ0) is 24.5. The fraction of sp³-hybridized carbons (Fsp3) is 0.241. The Labute approximate surface area is 200 Å². The van der Waals surface area contributed by atoms with Gasteiger partial charge in [0.25, 0.3) is 11.7 Å². The van der Waals surface area contributed by atoms with Crippen LogP contribution < -0.4 is 4.74 Å². The number of carbonyl (C=O) groups excluding carboxylic acids is 2. The van der Waals surface area contributed by atoms with E-state index in [1.807, 2.05) is 54.6 Å². The SMILES string of the molecule is COc1cccc(CN2C(=O)C(=O)/C(=C(\O)c3ccccc3)C2c2ccc(C(C)(C)C)cc2)c1. The van der Waals surface area contributed by atoms with Crippen molar-refractivity contribution in [1.82, 2.24) is 4.90 Å². The van der Waals surface area contributed by atoms with Crippen molar-refractivity contribution in [2.75, 3.05) is 7.11 Å². The highest BCUT2D eigenvalue weighted by Crippen LogP contribution is 2.41. The number of hydrogen-bond donors (Lipinski definition) is 1. The van der Waals surface area contributed by atoms with Gasteiger partial charge in [-0.1, -0.05) is 87.5 Å². The third kappa shape index (κ3) is 4.46. The molecule has 5 nitrogen and oxygen atoms in total. The number of hydrogen-bond acceptors (Lipinski definition) is 4. The van der Waals surface area contributed by atoms with Gasteiger partial charge in [0, 0.05) is 12.1 Å². The topological polar surface area (TPSA) is 66.8 Å². The van der Waals surface area contributed by atoms with Crippen LogP contribution in [0.4, 0.5) is 0 Å². The zero-order valence-electron chi connectivity index (χ0n) is 19.9. The van der Waals surface area contributed by atoms with Crippen LogP contribution in [0.5, 0.6) is 5.75 Å². The number of nitrogens with zero attached hydrogens (tertiary/aromatic N) is 1. The molecule has 1 N–H and O–H groups in total. The number of Topliss-reactive ketones (excluding diaryl/α,β-unsaturated/α-hetero) is 1. The number of likely N-dealkylation sites (tertiary alicyclic amines) is 1. The molecule has 1 saturated heterocycles. The van der Waals surface area contributed by atoms with E-state index >= 15 is 0 Å². The number of ketones is 1. The molecule has 1 heterocycles. The van der Waals surface area contributed by atoms with Crippen molar-refractivity contribution < 1.29 is 19.4 Å². The number of rotatable bonds is 5. The number of methoxy groups -OCH3 is 1. The van der Waals surface area contributed by atoms with E-state index in [0.29, 0.717) is 11.3 Å². The number of aliphatic hydroxyl groups is 1. The summed E-state index contributed by atoms with van der Waals surface area (Å²) in [6.45, 7) is 6.60. The number of benzene rings is 3. The molecule has 1 amide bonds. The summed E-state index contributed by atoms with van der Waals surface area (Å²) < 4.78 is 5.32. The Morgan fingerprint density at radius 2 is 1.62 bits per heavy atom. The lowest BCUT2D eigenvalue weighted by Gasteiger charge is -2.26. The van der Waals surface area contributed by atoms with E-state index in [9.17, 15) is 14.7 Å². The molecule has 0 saturated carbocycles. The van der Waals surface area contributed by atoms with Crippen LogP contribution in [-0.4, -0.2) is 28.8 Å². The first-order valence-corrected chi connectivity index (χ1v) is 11.3. The van der Waals surface area contributed by atoms with Crippen LogP contribution in [0, 0.1) is 0 Å². The largest absolute Gasteiger partial charge is 0.507 e. The van der Waals surface area contributed by atoms with E-state index in [1.165, 1.54) is 4.90 Å². The maximum Gasteiger partial charge on any atom is 0.295 e. The van der Waals surface area contributed by atoms with Gasteiger partial charge in [-0.2, -0.15) is 0 Å². The van der Waals surface area contributed by atoms with Crippen molar-refractivity contribution >= 4 is 17.4 Å². The van der Waals surface area contributed by atoms with Crippen LogP contribution in [0.25, 0.3) is 5.76 Å². The highest BCUT2D eigenvalue weighted by atomic mass is 16.5. The summed E-state index contributed by atoms with van der Waals surface area (Å²) in [5.41, 5.74) is 3.31. The van der Waals surface area contributed by atoms with Crippen LogP contribution in [0.2, 0.25) is 0 Å². The second-order valence-corrected chi connectivity index (χ2v) is 9.52. The molecule has 5 heteroatoms. The van der Waals surface area contributed by atoms with Crippen molar-refractivity contribution in [2.24, 2.45) is 0 Å². The highest BCUT2D eigenvalue weighted by Gasteiger charge is 2.46. The van der Waals surface area contributed by atoms with Crippen LogP contribution in [0.3, 0.4) is 0 Å². The second-order valence-electron chi connectivity index (χ2n) is 9.52. The van der Waals surface area contributed by atoms with E-state index in [4.69, 9.17) is 4.74 Å². The van der Waals surface area contributed by atoms with Gasteiger partial charge in [-0.05, 0) is 34.2 Å². The quantitative estimate of drug-likeness (QED) is 0.308. The molecular formula is C29H29NO4. The standard InChI is InChI=1S/C29H29NO4/c1-29(2,3)22-15-13-20(14-16-22)25-24(26(31)21-10-6-5-7-11-21)27(32)28(33)30(25)18-19-9-8-12-23(17-19)34-4/h5-17,25,31H,18H2,1-4H3/b26-24-. The van der Waals surface area contributed by atoms with Gasteiger partial charge in [0.05, 0.1) is 18.7 Å². The Balaban J connectivity index is 1.84. The normalized spacial score (nSPS) is 17.8. The lowest BCUT2D eigenvalue weighted by Crippen LogP contribution is -2.29. The molecule has 3 aromatic rings. The summed E-state index contributed by atoms with van der Waals surface area (Å²) in [7, 11) is 1.59. The Kier molecular flexibility index (Phi) is 6.29. The minimum atomic E-state index is -0.708. The molecule has 1 atom stereocenters. The molecule has 34 heavy (non-hydrogen) atoms. The van der Waals surface area contributed by atoms with E-state index < -0.39 is 17.7 Å². The number of aliphatic hydroxyl groups excluding tert-OH is 1. The summed E-state index contributed by atoms with van der Waals surface area (Å²) in [6.07, 6.45) is 0. The number of ether oxygens (including phenoxy) is 1. The molecule has 174 valence electrons. The van der Waals surface area contributed by atoms with E-state index in [2.05, 4.69) is 20.8 Å². The Bertz CT molecular complexity index is 1240. The second kappa shape index (κ2) is 9.18. The van der Waals surface area contributed by atoms with Crippen molar-refractivity contribution in [1.29, 1.82) is 0 Å². The van der Waals surface area contributed by atoms with E-state index in [0.717, 1.165) is 16.7 Å². The smallest absolute Gasteiger partial charge is 0.295 e. The van der Waals surface area contributed by atoms with Gasteiger partial charge in [0.1, 0.15) is 11.5 Å². The monoisotopic (exact) mass is 455 g/mol. The van der Waals surface area contributed by atoms with Crippen molar-refractivity contribution in [3.05, 3.63) is 107 Å². The molecule has 3 aromatic carbocycles. The summed E-state index contributed by atoms with van der Waals surface area (Å²) >= 11 is 0. The predicted octanol–water partition coefficient (Wildman–Crippen LogP) is 5.61. The van der Waals surface area contributed by atoms with Gasteiger partial charge in [0.15, 0.2) is 0 Å². The molecule has 1 unspecified atom stereocenters. The molecule has 0 bridgehead atoms. The molecule has 0 aromatic heterocycles. The molecule has 0 radical (unpaired) electrons. The Morgan fingerprint density at radius 3 is 2.24 bits per heavy atom. The number of carbonyl (C=O) groups is 2. The fourth-order valence-electron chi connectivity index (χ4n) is 4.27. The van der Waals surface area contributed by atoms with Crippen molar-refractivity contribution in [2.45, 2.75) is 38.8 Å². The van der Waals surface area contributed by atoms with Crippen LogP contribution >= 0.6 is 0 Å². The van der Waals surface area contributed by atoms with Crippen LogP contribution in [0.15, 0.2) is 84.4 Å². The van der Waals surface area contributed by atoms with E-state index in [-0.39, 0.29) is 23.3 Å². The Morgan fingerprint density at radius 1 is 0.941 bits per heavy atom. The first kappa shape index (κ1) is 23.3. The third-order valence-corrected chi connectivity index (χ3v) is 6.17. The van der Waals surface area contributed by atoms with Crippen molar-refractivity contribution in [3.63, 3.8) is 0 Å². The molecular weight excluding hydrogens is 426 g/mol. The summed E-state index contributed by atoms with van der Waals surface area (Å²) in [4.78, 5) is 28.0. The zero-order valence-corrected chi connectivity index (χ0v) is 19.9. The van der Waals surface area contributed by atoms with Crippen molar-refractivity contribution in [3.8, 4) is 5.75 Å². The molecule has 1 aliphatic rings. The molecule has 4 rings (SSSR count). The number of amides is 1. The van der Waals surface area contributed by atoms with Gasteiger partial charge in [-0.3, -0.25) is 9.59 Å². The molecule has 1 aliphatic heterocycles. The minimum absolute atomic E-state index is 0.0367. The first-order valence-electron chi connectivity index (χ1n) is 11.3. The summed E-state index contributed by atoms with van der Waals surface area (Å²) in [6, 6.07) is 23.5. The van der Waals surface area contributed by atoms with E-state index in [1.54, 1.807) is 31.4 Å². The van der Waals surface area contributed by atoms with Gasteiger partial charge in [-0.15, -0.1) is 0 Å². The average Bonchev–Trinajstić information content (AvgIpc) is 3.08. The van der Waals surface area contributed by atoms with Crippen LogP contribution in [0.1, 0.15) is 49.1 Å². The third-order valence-electron chi connectivity index (χ3n) is 6.17. The average molecular weight is 456 g/mol. The van der Waals surface area contributed by atoms with Gasteiger partial charge in [-0.25, -0.2) is 0 Å². The van der Waals surface area contributed by atoms with Gasteiger partial charge < -0.3 is 14.7 Å². The predicted molar refractivity (Wildman–Crippen MR) is 132 cm³/mol. The van der Waals surface area contributed by atoms with Gasteiger partial charge >= 0.3 is 0 Å². The first-order chi connectivity index (χ1) is 16.2. The van der Waals surface area contributed by atoms with Crippen LogP contribution in [-0.2, 0) is 21.5 Å². The van der Waals surface area contributed by atoms with Gasteiger partial charge in [0.2, 0.25) is 0 Å². The summed E-state index contributed by atoms with van der Waals surface area (Å²) in [5, 5.41) is 11.2. The summed E-state index contributed by atoms with van der Waals surface area (Å²) in [5.74, 6) is -0.819. The molecule has 1 fully saturated rings. The fourth-order valence-corrected chi connectivity index (χ4v) is 4.27. The molecule has 0 spiro atoms. The Hall–Kier alpha value is -3.86. The highest BCUT2D eigenvalue weighted by molar-refractivity contribution is 6.46. The maximum atomic E-state index is 13.2.